The van der Waals surface area contributed by atoms with Crippen LogP contribution < -0.4 is 10.2 Å². The molecule has 3 rings (SSSR count). The topological polar surface area (TPSA) is 30.5 Å². The summed E-state index contributed by atoms with van der Waals surface area (Å²) in [4.78, 5) is 5.05. The van der Waals surface area contributed by atoms with E-state index in [-0.39, 0.29) is 6.04 Å². The fourth-order valence-corrected chi connectivity index (χ4v) is 2.72. The highest BCUT2D eigenvalue weighted by atomic mass is 16.6. The molecule has 0 bridgehead atoms. The van der Waals surface area contributed by atoms with Gasteiger partial charge in [-0.1, -0.05) is 6.07 Å². The number of ether oxygens (including phenoxy) is 1. The standard InChI is InChI=1S/C13H17NO2/c1-15-14-12-5-6-16-13-8-10-4-2-3-9(10)7-11(12)13/h7-8,12,14H,2-6H2,1H3. The van der Waals surface area contributed by atoms with Crippen LogP contribution in [0.4, 0.5) is 0 Å². The minimum Gasteiger partial charge on any atom is -0.493 e. The molecule has 1 unspecified atom stereocenters. The number of rotatable bonds is 2. The third kappa shape index (κ3) is 1.60. The molecular weight excluding hydrogens is 202 g/mol. The summed E-state index contributed by atoms with van der Waals surface area (Å²) in [6.07, 6.45) is 4.66. The van der Waals surface area contributed by atoms with Crippen LogP contribution in [0.15, 0.2) is 12.1 Å². The van der Waals surface area contributed by atoms with Crippen molar-refractivity contribution in [2.75, 3.05) is 13.7 Å². The Morgan fingerprint density at radius 2 is 2.12 bits per heavy atom. The van der Waals surface area contributed by atoms with Crippen LogP contribution in [0.5, 0.6) is 5.75 Å². The molecule has 16 heavy (non-hydrogen) atoms. The van der Waals surface area contributed by atoms with E-state index in [1.807, 2.05) is 0 Å². The molecule has 1 heterocycles. The van der Waals surface area contributed by atoms with Crippen molar-refractivity contribution in [3.05, 3.63) is 28.8 Å². The second kappa shape index (κ2) is 4.07. The SMILES string of the molecule is CONC1CCOc2cc3c(cc21)CCC3. The molecule has 0 radical (unpaired) electrons. The van der Waals surface area contributed by atoms with Gasteiger partial charge in [0.2, 0.25) is 0 Å². The van der Waals surface area contributed by atoms with Gasteiger partial charge in [0, 0.05) is 12.0 Å². The minimum absolute atomic E-state index is 0.277. The van der Waals surface area contributed by atoms with Crippen molar-refractivity contribution in [1.29, 1.82) is 0 Å². The Morgan fingerprint density at radius 3 is 2.94 bits per heavy atom. The number of benzene rings is 1. The van der Waals surface area contributed by atoms with Crippen molar-refractivity contribution >= 4 is 0 Å². The highest BCUT2D eigenvalue weighted by Crippen LogP contribution is 2.37. The maximum atomic E-state index is 5.73. The second-order valence-electron chi connectivity index (χ2n) is 4.52. The fraction of sp³-hybridized carbons (Fsp3) is 0.538. The molecule has 86 valence electrons. The van der Waals surface area contributed by atoms with E-state index in [0.717, 1.165) is 18.8 Å². The number of aryl methyl sites for hydroxylation is 2. The van der Waals surface area contributed by atoms with Crippen LogP contribution in [0.25, 0.3) is 0 Å². The summed E-state index contributed by atoms with van der Waals surface area (Å²) in [6, 6.07) is 4.80. The molecule has 3 heteroatoms. The van der Waals surface area contributed by atoms with Crippen LogP contribution in [-0.2, 0) is 17.7 Å². The van der Waals surface area contributed by atoms with Crippen LogP contribution in [-0.4, -0.2) is 13.7 Å². The third-order valence-electron chi connectivity index (χ3n) is 3.52. The lowest BCUT2D eigenvalue weighted by Crippen LogP contribution is -2.26. The Morgan fingerprint density at radius 1 is 1.31 bits per heavy atom. The highest BCUT2D eigenvalue weighted by molar-refractivity contribution is 5.47. The number of nitrogens with one attached hydrogen (secondary N) is 1. The largest absolute Gasteiger partial charge is 0.493 e. The van der Waals surface area contributed by atoms with Gasteiger partial charge < -0.3 is 9.57 Å². The lowest BCUT2D eigenvalue weighted by Gasteiger charge is -2.26. The Hall–Kier alpha value is -1.06. The van der Waals surface area contributed by atoms with Crippen LogP contribution in [0.2, 0.25) is 0 Å². The average Bonchev–Trinajstić information content (AvgIpc) is 2.74. The number of fused-ring (bicyclic) bond motifs is 2. The molecule has 3 nitrogen and oxygen atoms in total. The van der Waals surface area contributed by atoms with Gasteiger partial charge in [-0.25, -0.2) is 0 Å². The predicted molar refractivity (Wildman–Crippen MR) is 61.5 cm³/mol. The number of hydrogen-bond donors (Lipinski definition) is 1. The minimum atomic E-state index is 0.277. The first kappa shape index (κ1) is 10.1. The summed E-state index contributed by atoms with van der Waals surface area (Å²) in [5.41, 5.74) is 7.27. The van der Waals surface area contributed by atoms with E-state index < -0.39 is 0 Å². The summed E-state index contributed by atoms with van der Waals surface area (Å²) < 4.78 is 5.73. The molecule has 0 fully saturated rings. The zero-order valence-corrected chi connectivity index (χ0v) is 9.58. The Balaban J connectivity index is 2.00. The zero-order valence-electron chi connectivity index (χ0n) is 9.58. The lowest BCUT2D eigenvalue weighted by molar-refractivity contribution is 0.0462. The average molecular weight is 219 g/mol. The van der Waals surface area contributed by atoms with Crippen molar-refractivity contribution in [2.24, 2.45) is 0 Å². The monoisotopic (exact) mass is 219 g/mol. The first-order chi connectivity index (χ1) is 7.88. The molecule has 1 atom stereocenters. The molecule has 1 aliphatic carbocycles. The first-order valence-electron chi connectivity index (χ1n) is 5.95. The Labute approximate surface area is 95.7 Å². The molecule has 1 aliphatic heterocycles. The van der Waals surface area contributed by atoms with Gasteiger partial charge in [-0.3, -0.25) is 0 Å². The maximum absolute atomic E-state index is 5.73. The van der Waals surface area contributed by atoms with E-state index in [4.69, 9.17) is 9.57 Å². The van der Waals surface area contributed by atoms with E-state index in [1.54, 1.807) is 7.11 Å². The van der Waals surface area contributed by atoms with Gasteiger partial charge in [0.15, 0.2) is 0 Å². The van der Waals surface area contributed by atoms with Gasteiger partial charge in [-0.15, -0.1) is 0 Å². The summed E-state index contributed by atoms with van der Waals surface area (Å²) in [5.74, 6) is 1.04. The first-order valence-corrected chi connectivity index (χ1v) is 5.95. The molecule has 0 amide bonds. The summed E-state index contributed by atoms with van der Waals surface area (Å²) in [7, 11) is 1.67. The molecule has 1 aromatic carbocycles. The molecule has 2 aliphatic rings. The highest BCUT2D eigenvalue weighted by Gasteiger charge is 2.24. The van der Waals surface area contributed by atoms with Gasteiger partial charge in [0.1, 0.15) is 5.75 Å². The van der Waals surface area contributed by atoms with Crippen molar-refractivity contribution < 1.29 is 9.57 Å². The summed E-state index contributed by atoms with van der Waals surface area (Å²) in [6.45, 7) is 0.771. The van der Waals surface area contributed by atoms with E-state index >= 15 is 0 Å². The van der Waals surface area contributed by atoms with Gasteiger partial charge >= 0.3 is 0 Å². The zero-order chi connectivity index (χ0) is 11.0. The van der Waals surface area contributed by atoms with E-state index in [1.165, 1.54) is 36.0 Å². The van der Waals surface area contributed by atoms with E-state index in [0.29, 0.717) is 0 Å². The van der Waals surface area contributed by atoms with E-state index in [2.05, 4.69) is 17.6 Å². The predicted octanol–water partition coefficient (Wildman–Crippen LogP) is 2.15. The maximum Gasteiger partial charge on any atom is 0.124 e. The molecule has 0 saturated heterocycles. The van der Waals surface area contributed by atoms with Crippen molar-refractivity contribution in [3.8, 4) is 5.75 Å². The van der Waals surface area contributed by atoms with Crippen LogP contribution >= 0.6 is 0 Å². The van der Waals surface area contributed by atoms with Gasteiger partial charge in [-0.05, 0) is 36.5 Å². The number of hydroxylamine groups is 1. The van der Waals surface area contributed by atoms with Gasteiger partial charge in [0.05, 0.1) is 19.8 Å². The second-order valence-corrected chi connectivity index (χ2v) is 4.52. The molecule has 1 aromatic rings. The fourth-order valence-electron chi connectivity index (χ4n) is 2.72. The summed E-state index contributed by atoms with van der Waals surface area (Å²) in [5, 5.41) is 0. The molecule has 0 aromatic heterocycles. The third-order valence-corrected chi connectivity index (χ3v) is 3.52. The van der Waals surface area contributed by atoms with Gasteiger partial charge in [0.25, 0.3) is 0 Å². The van der Waals surface area contributed by atoms with Crippen molar-refractivity contribution in [1.82, 2.24) is 5.48 Å². The van der Waals surface area contributed by atoms with Crippen LogP contribution in [0.1, 0.15) is 35.6 Å². The molecule has 0 spiro atoms. The summed E-state index contributed by atoms with van der Waals surface area (Å²) >= 11 is 0. The molecular formula is C13H17NO2. The normalized spacial score (nSPS) is 22.4. The Bertz CT molecular complexity index is 403. The van der Waals surface area contributed by atoms with Gasteiger partial charge in [-0.2, -0.15) is 5.48 Å². The Kier molecular flexibility index (Phi) is 2.58. The van der Waals surface area contributed by atoms with Crippen LogP contribution in [0.3, 0.4) is 0 Å². The lowest BCUT2D eigenvalue weighted by atomic mass is 9.97. The molecule has 1 N–H and O–H groups in total. The van der Waals surface area contributed by atoms with E-state index in [9.17, 15) is 0 Å². The molecule has 0 saturated carbocycles. The smallest absolute Gasteiger partial charge is 0.124 e. The number of hydrogen-bond acceptors (Lipinski definition) is 3. The van der Waals surface area contributed by atoms with Crippen LogP contribution in [0, 0.1) is 0 Å². The quantitative estimate of drug-likeness (QED) is 0.773. The van der Waals surface area contributed by atoms with Crippen molar-refractivity contribution in [3.63, 3.8) is 0 Å². The van der Waals surface area contributed by atoms with Crippen molar-refractivity contribution in [2.45, 2.75) is 31.7 Å².